The number of carbonyl (C=O) groups excluding carboxylic acids is 1. The van der Waals surface area contributed by atoms with Gasteiger partial charge in [-0.2, -0.15) is 0 Å². The number of aryl methyl sites for hydroxylation is 1. The lowest BCUT2D eigenvalue weighted by Gasteiger charge is -2.41. The Labute approximate surface area is 159 Å². The molecule has 6 nitrogen and oxygen atoms in total. The summed E-state index contributed by atoms with van der Waals surface area (Å²) in [4.78, 5) is 32.3. The highest BCUT2D eigenvalue weighted by Crippen LogP contribution is 2.20. The minimum absolute atomic E-state index is 0.00527. The molecule has 2 aliphatic heterocycles. The van der Waals surface area contributed by atoms with E-state index in [1.165, 1.54) is 19.3 Å². The molecule has 0 saturated carbocycles. The average Bonchev–Trinajstić information content (AvgIpc) is 3.15. The fourth-order valence-electron chi connectivity index (χ4n) is 4.23. The fraction of sp³-hybridized carbons (Fsp3) is 0.571. The topological polar surface area (TPSA) is 67.2 Å². The number of amides is 1. The smallest absolute Gasteiger partial charge is 0.261 e. The molecule has 1 aromatic carbocycles. The fourth-order valence-corrected chi connectivity index (χ4v) is 4.23. The van der Waals surface area contributed by atoms with Crippen molar-refractivity contribution in [1.29, 1.82) is 0 Å². The maximum absolute atomic E-state index is 12.7. The van der Waals surface area contributed by atoms with E-state index < -0.39 is 0 Å². The molecule has 2 aromatic rings. The van der Waals surface area contributed by atoms with E-state index in [0.29, 0.717) is 23.0 Å². The van der Waals surface area contributed by atoms with Crippen LogP contribution in [0.15, 0.2) is 23.0 Å². The number of nitrogens with zero attached hydrogens (tertiary/aromatic N) is 3. The number of nitrogens with one attached hydrogen (secondary N) is 1. The summed E-state index contributed by atoms with van der Waals surface area (Å²) in [6, 6.07) is 5.22. The molecule has 0 atom stereocenters. The first kappa shape index (κ1) is 18.2. The molecule has 0 aliphatic carbocycles. The van der Waals surface area contributed by atoms with Gasteiger partial charge in [0.15, 0.2) is 0 Å². The number of piperidine rings is 1. The van der Waals surface area contributed by atoms with E-state index >= 15 is 0 Å². The van der Waals surface area contributed by atoms with Crippen molar-refractivity contribution in [2.45, 2.75) is 58.0 Å². The summed E-state index contributed by atoms with van der Waals surface area (Å²) in [5.74, 6) is 0.723. The third-order valence-corrected chi connectivity index (χ3v) is 5.97. The van der Waals surface area contributed by atoms with Crippen LogP contribution in [-0.2, 0) is 13.0 Å². The monoisotopic (exact) mass is 368 g/mol. The van der Waals surface area contributed by atoms with Crippen molar-refractivity contribution in [1.82, 2.24) is 19.8 Å². The normalized spacial score (nSPS) is 17.9. The molecular weight excluding hydrogens is 340 g/mol. The van der Waals surface area contributed by atoms with E-state index in [1.54, 1.807) is 22.8 Å². The van der Waals surface area contributed by atoms with Crippen LogP contribution < -0.4 is 10.9 Å². The second-order valence-corrected chi connectivity index (χ2v) is 8.36. The zero-order valence-electron chi connectivity index (χ0n) is 16.3. The van der Waals surface area contributed by atoms with Gasteiger partial charge in [0.1, 0.15) is 5.82 Å². The molecule has 0 unspecified atom stereocenters. The van der Waals surface area contributed by atoms with E-state index in [1.807, 2.05) is 0 Å². The second kappa shape index (κ2) is 7.08. The third kappa shape index (κ3) is 3.50. The Hall–Kier alpha value is -2.21. The van der Waals surface area contributed by atoms with Gasteiger partial charge in [-0.3, -0.25) is 19.1 Å². The lowest BCUT2D eigenvalue weighted by molar-refractivity contribution is 0.0797. The van der Waals surface area contributed by atoms with Crippen LogP contribution >= 0.6 is 0 Å². The maximum atomic E-state index is 12.7. The van der Waals surface area contributed by atoms with Crippen LogP contribution in [0.1, 0.15) is 55.7 Å². The molecule has 3 heterocycles. The summed E-state index contributed by atoms with van der Waals surface area (Å²) >= 11 is 0. The van der Waals surface area contributed by atoms with Gasteiger partial charge >= 0.3 is 0 Å². The molecule has 4 rings (SSSR count). The standard InChI is InChI=1S/C21H28N4O2/c1-21(2,24-10-4-3-5-11-24)14-22-19(26)15-8-9-16-17(13-15)23-18-7-6-12-25(18)20(16)27/h8-9,13H,3-7,10-12,14H2,1-2H3,(H,22,26). The highest BCUT2D eigenvalue weighted by molar-refractivity contribution is 5.97. The first-order chi connectivity index (χ1) is 13.0. The molecule has 2 aliphatic rings. The molecule has 27 heavy (non-hydrogen) atoms. The quantitative estimate of drug-likeness (QED) is 0.899. The molecule has 0 bridgehead atoms. The van der Waals surface area contributed by atoms with E-state index in [-0.39, 0.29) is 17.0 Å². The largest absolute Gasteiger partial charge is 0.350 e. The number of hydrogen-bond acceptors (Lipinski definition) is 4. The molecular formula is C21H28N4O2. The average molecular weight is 368 g/mol. The van der Waals surface area contributed by atoms with Crippen LogP contribution in [0.5, 0.6) is 0 Å². The van der Waals surface area contributed by atoms with Gasteiger partial charge in [-0.05, 0) is 64.4 Å². The van der Waals surface area contributed by atoms with Crippen LogP contribution in [-0.4, -0.2) is 45.5 Å². The summed E-state index contributed by atoms with van der Waals surface area (Å²) in [6.07, 6.45) is 5.54. The minimum Gasteiger partial charge on any atom is -0.350 e. The summed E-state index contributed by atoms with van der Waals surface area (Å²) in [6.45, 7) is 7.90. The first-order valence-corrected chi connectivity index (χ1v) is 10.0. The maximum Gasteiger partial charge on any atom is 0.261 e. The van der Waals surface area contributed by atoms with Crippen LogP contribution in [0, 0.1) is 0 Å². The van der Waals surface area contributed by atoms with Crippen molar-refractivity contribution in [3.8, 4) is 0 Å². The second-order valence-electron chi connectivity index (χ2n) is 8.36. The van der Waals surface area contributed by atoms with Gasteiger partial charge in [0, 0.05) is 30.6 Å². The molecule has 0 spiro atoms. The Morgan fingerprint density at radius 3 is 2.70 bits per heavy atom. The highest BCUT2D eigenvalue weighted by atomic mass is 16.1. The van der Waals surface area contributed by atoms with Crippen molar-refractivity contribution in [3.05, 3.63) is 39.9 Å². The molecule has 6 heteroatoms. The van der Waals surface area contributed by atoms with Gasteiger partial charge in [-0.25, -0.2) is 4.98 Å². The van der Waals surface area contributed by atoms with Gasteiger partial charge in [-0.15, -0.1) is 0 Å². The summed E-state index contributed by atoms with van der Waals surface area (Å²) < 4.78 is 1.75. The number of hydrogen-bond donors (Lipinski definition) is 1. The zero-order valence-corrected chi connectivity index (χ0v) is 16.3. The van der Waals surface area contributed by atoms with Gasteiger partial charge in [0.2, 0.25) is 0 Å². The summed E-state index contributed by atoms with van der Waals surface area (Å²) in [7, 11) is 0. The number of benzene rings is 1. The molecule has 1 fully saturated rings. The Bertz CT molecular complexity index is 926. The summed E-state index contributed by atoms with van der Waals surface area (Å²) in [5, 5.41) is 3.67. The van der Waals surface area contributed by atoms with Crippen molar-refractivity contribution in [2.24, 2.45) is 0 Å². The van der Waals surface area contributed by atoms with E-state index in [2.05, 4.69) is 29.0 Å². The van der Waals surface area contributed by atoms with Gasteiger partial charge in [0.25, 0.3) is 11.5 Å². The molecule has 0 radical (unpaired) electrons. The number of carbonyl (C=O) groups is 1. The number of rotatable bonds is 4. The van der Waals surface area contributed by atoms with E-state index in [4.69, 9.17) is 0 Å². The van der Waals surface area contributed by atoms with Crippen LogP contribution in [0.2, 0.25) is 0 Å². The first-order valence-electron chi connectivity index (χ1n) is 10.0. The predicted octanol–water partition coefficient (Wildman–Crippen LogP) is 2.34. The van der Waals surface area contributed by atoms with Crippen molar-refractivity contribution in [2.75, 3.05) is 19.6 Å². The van der Waals surface area contributed by atoms with Crippen LogP contribution in [0.3, 0.4) is 0 Å². The zero-order chi connectivity index (χ0) is 19.0. The van der Waals surface area contributed by atoms with E-state index in [9.17, 15) is 9.59 Å². The predicted molar refractivity (Wildman–Crippen MR) is 106 cm³/mol. The van der Waals surface area contributed by atoms with Crippen molar-refractivity contribution < 1.29 is 4.79 Å². The molecule has 144 valence electrons. The Balaban J connectivity index is 1.51. The van der Waals surface area contributed by atoms with E-state index in [0.717, 1.165) is 38.3 Å². The Morgan fingerprint density at radius 1 is 1.15 bits per heavy atom. The van der Waals surface area contributed by atoms with Crippen molar-refractivity contribution >= 4 is 16.8 Å². The minimum atomic E-state index is -0.107. The molecule has 1 aromatic heterocycles. The lowest BCUT2D eigenvalue weighted by atomic mass is 9.98. The molecule has 1 N–H and O–H groups in total. The van der Waals surface area contributed by atoms with Crippen molar-refractivity contribution in [3.63, 3.8) is 0 Å². The number of aromatic nitrogens is 2. The Morgan fingerprint density at radius 2 is 1.93 bits per heavy atom. The highest BCUT2D eigenvalue weighted by Gasteiger charge is 2.28. The third-order valence-electron chi connectivity index (χ3n) is 5.97. The lowest BCUT2D eigenvalue weighted by Crippen LogP contribution is -2.53. The molecule has 1 amide bonds. The Kier molecular flexibility index (Phi) is 4.76. The number of likely N-dealkylation sites (tertiary alicyclic amines) is 1. The van der Waals surface area contributed by atoms with Gasteiger partial charge in [-0.1, -0.05) is 6.42 Å². The van der Waals surface area contributed by atoms with Crippen LogP contribution in [0.25, 0.3) is 10.9 Å². The number of fused-ring (bicyclic) bond motifs is 2. The van der Waals surface area contributed by atoms with Gasteiger partial charge in [0.05, 0.1) is 10.9 Å². The van der Waals surface area contributed by atoms with Crippen LogP contribution in [0.4, 0.5) is 0 Å². The SMILES string of the molecule is CC(C)(CNC(=O)c1ccc2c(=O)n3c(nc2c1)CCC3)N1CCCCC1. The van der Waals surface area contributed by atoms with Gasteiger partial charge < -0.3 is 5.32 Å². The molecule has 1 saturated heterocycles. The summed E-state index contributed by atoms with van der Waals surface area (Å²) in [5.41, 5.74) is 1.12.